The third-order valence-electron chi connectivity index (χ3n) is 10.1. The molecule has 1 fully saturated rings. The summed E-state index contributed by atoms with van der Waals surface area (Å²) in [5.74, 6) is -1.25. The van der Waals surface area contributed by atoms with Gasteiger partial charge in [0, 0.05) is 50.6 Å². The number of fused-ring (bicyclic) bond motifs is 2. The molecule has 53 heavy (non-hydrogen) atoms. The lowest BCUT2D eigenvalue weighted by atomic mass is 9.97. The second-order valence-corrected chi connectivity index (χ2v) is 13.8. The van der Waals surface area contributed by atoms with E-state index in [2.05, 4.69) is 15.6 Å². The first kappa shape index (κ1) is 37.1. The molecule has 2 aliphatic rings. The van der Waals surface area contributed by atoms with Gasteiger partial charge in [0.2, 0.25) is 17.7 Å². The lowest BCUT2D eigenvalue weighted by Gasteiger charge is -2.27. The highest BCUT2D eigenvalue weighted by molar-refractivity contribution is 6.24. The maximum absolute atomic E-state index is 13.3. The predicted octanol–water partition coefficient (Wildman–Crippen LogP) is 5.03. The fraction of sp³-hybridized carbons (Fsp3) is 0.390. The highest BCUT2D eigenvalue weighted by atomic mass is 16.5. The van der Waals surface area contributed by atoms with Gasteiger partial charge in [-0.25, -0.2) is 0 Å². The Labute approximate surface area is 307 Å². The Kier molecular flexibility index (Phi) is 11.8. The maximum atomic E-state index is 13.3. The zero-order valence-corrected chi connectivity index (χ0v) is 30.2. The molecule has 2 aromatic heterocycles. The Balaban J connectivity index is 0.889. The number of benzene rings is 2. The summed E-state index contributed by atoms with van der Waals surface area (Å²) >= 11 is 0. The van der Waals surface area contributed by atoms with Crippen molar-refractivity contribution in [2.24, 2.45) is 7.05 Å². The second-order valence-electron chi connectivity index (χ2n) is 13.8. The highest BCUT2D eigenvalue weighted by Gasteiger charge is 2.45. The quantitative estimate of drug-likeness (QED) is 0.121. The molecule has 4 heterocycles. The van der Waals surface area contributed by atoms with Crippen LogP contribution in [0.2, 0.25) is 0 Å². The number of aromatic nitrogens is 2. The van der Waals surface area contributed by atoms with Crippen LogP contribution in [0.15, 0.2) is 65.8 Å². The number of nitrogens with zero attached hydrogens (tertiary/aromatic N) is 3. The van der Waals surface area contributed by atoms with E-state index in [1.54, 1.807) is 43.3 Å². The highest BCUT2D eigenvalue weighted by Crippen LogP contribution is 2.32. The lowest BCUT2D eigenvalue weighted by molar-refractivity contribution is -0.136. The fourth-order valence-electron chi connectivity index (χ4n) is 7.31. The standard InChI is InChI=1S/C41H45N5O7/c1-45-25-33(30-18-20-42-24-32(30)39(45)50)28-21-26(22-29(23-28)53-2)14-16-35(47)43-19-9-7-5-3-4-6-8-11-27-12-10-13-31-37(27)41(52)46(40(31)51)34-15-17-36(48)44-38(34)49/h10,12-13,18,20-25,34H,3-9,11,14-17,19H2,1-2H3,(H,43,47)(H,44,48,49). The minimum atomic E-state index is -0.964. The van der Waals surface area contributed by atoms with Gasteiger partial charge in [0.1, 0.15) is 11.8 Å². The van der Waals surface area contributed by atoms with Crippen LogP contribution in [-0.4, -0.2) is 63.7 Å². The number of pyridine rings is 2. The Morgan fingerprint density at radius 1 is 0.906 bits per heavy atom. The number of ether oxygens (including phenoxy) is 1. The minimum absolute atomic E-state index is 0.000750. The Morgan fingerprint density at radius 2 is 1.68 bits per heavy atom. The average molecular weight is 720 g/mol. The molecule has 0 radical (unpaired) electrons. The number of carbonyl (C=O) groups is 5. The van der Waals surface area contributed by atoms with Crippen LogP contribution in [-0.2, 0) is 34.3 Å². The number of nitrogens with one attached hydrogen (secondary N) is 2. The molecule has 2 aliphatic heterocycles. The molecular weight excluding hydrogens is 674 g/mol. The maximum Gasteiger partial charge on any atom is 0.262 e. The van der Waals surface area contributed by atoms with Gasteiger partial charge in [0.25, 0.3) is 17.4 Å². The van der Waals surface area contributed by atoms with E-state index in [1.807, 2.05) is 36.5 Å². The first-order chi connectivity index (χ1) is 25.7. The Bertz CT molecular complexity index is 2120. The number of unbranched alkanes of at least 4 members (excludes halogenated alkanes) is 6. The van der Waals surface area contributed by atoms with Crippen molar-refractivity contribution in [3.63, 3.8) is 0 Å². The molecule has 276 valence electrons. The molecule has 6 rings (SSSR count). The zero-order valence-electron chi connectivity index (χ0n) is 30.2. The van der Waals surface area contributed by atoms with Crippen molar-refractivity contribution in [2.45, 2.75) is 83.1 Å². The van der Waals surface area contributed by atoms with E-state index in [-0.39, 0.29) is 24.3 Å². The largest absolute Gasteiger partial charge is 0.497 e. The molecular formula is C41H45N5O7. The molecule has 5 amide bonds. The molecule has 2 N–H and O–H groups in total. The molecule has 1 saturated heterocycles. The summed E-state index contributed by atoms with van der Waals surface area (Å²) in [6.45, 7) is 0.627. The normalized spacial score (nSPS) is 15.5. The minimum Gasteiger partial charge on any atom is -0.497 e. The molecule has 4 aromatic rings. The van der Waals surface area contributed by atoms with Crippen LogP contribution in [0.4, 0.5) is 0 Å². The summed E-state index contributed by atoms with van der Waals surface area (Å²) in [5, 5.41) is 6.64. The Hall–Kier alpha value is -5.65. The van der Waals surface area contributed by atoms with Gasteiger partial charge in [-0.2, -0.15) is 0 Å². The number of amides is 5. The summed E-state index contributed by atoms with van der Waals surface area (Å²) in [7, 11) is 3.34. The second kappa shape index (κ2) is 16.8. The monoisotopic (exact) mass is 719 g/mol. The van der Waals surface area contributed by atoms with Gasteiger partial charge in [-0.3, -0.25) is 44.0 Å². The molecule has 12 heteroatoms. The van der Waals surface area contributed by atoms with Crippen molar-refractivity contribution < 1.29 is 28.7 Å². The molecule has 12 nitrogen and oxygen atoms in total. The number of rotatable bonds is 16. The van der Waals surface area contributed by atoms with Crippen LogP contribution < -0.4 is 20.9 Å². The van der Waals surface area contributed by atoms with Crippen LogP contribution in [0, 0.1) is 0 Å². The molecule has 0 bridgehead atoms. The molecule has 1 unspecified atom stereocenters. The summed E-state index contributed by atoms with van der Waals surface area (Å²) in [5.41, 5.74) is 4.17. The summed E-state index contributed by atoms with van der Waals surface area (Å²) in [6, 6.07) is 12.1. The number of imide groups is 2. The molecule has 1 atom stereocenters. The van der Waals surface area contributed by atoms with Gasteiger partial charge in [-0.1, -0.05) is 50.3 Å². The SMILES string of the molecule is COc1cc(CCC(=O)NCCCCCCCCCc2cccc3c2C(=O)N(C2CCC(=O)NC2=O)C3=O)cc(-c2cn(C)c(=O)c3cnccc23)c1. The first-order valence-electron chi connectivity index (χ1n) is 18.4. The van der Waals surface area contributed by atoms with E-state index in [9.17, 15) is 28.8 Å². The van der Waals surface area contributed by atoms with E-state index in [4.69, 9.17) is 4.74 Å². The summed E-state index contributed by atoms with van der Waals surface area (Å²) in [6.07, 6.45) is 13.8. The predicted molar refractivity (Wildman–Crippen MR) is 199 cm³/mol. The van der Waals surface area contributed by atoms with Crippen molar-refractivity contribution in [3.8, 4) is 16.9 Å². The molecule has 0 saturated carbocycles. The van der Waals surface area contributed by atoms with Crippen LogP contribution in [0.1, 0.15) is 96.1 Å². The smallest absolute Gasteiger partial charge is 0.262 e. The topological polar surface area (TPSA) is 157 Å². The van der Waals surface area contributed by atoms with Crippen molar-refractivity contribution in [1.82, 2.24) is 25.1 Å². The van der Waals surface area contributed by atoms with Crippen LogP contribution in [0.5, 0.6) is 5.75 Å². The van der Waals surface area contributed by atoms with Crippen molar-refractivity contribution in [1.29, 1.82) is 0 Å². The summed E-state index contributed by atoms with van der Waals surface area (Å²) < 4.78 is 7.12. The van der Waals surface area contributed by atoms with Gasteiger partial charge < -0.3 is 14.6 Å². The van der Waals surface area contributed by atoms with E-state index < -0.39 is 29.7 Å². The number of hydrogen-bond acceptors (Lipinski definition) is 8. The van der Waals surface area contributed by atoms with Crippen molar-refractivity contribution >= 4 is 40.3 Å². The van der Waals surface area contributed by atoms with Gasteiger partial charge in [0.05, 0.1) is 23.6 Å². The van der Waals surface area contributed by atoms with Gasteiger partial charge in [0.15, 0.2) is 0 Å². The van der Waals surface area contributed by atoms with E-state index in [1.165, 1.54) is 0 Å². The van der Waals surface area contributed by atoms with Crippen molar-refractivity contribution in [2.75, 3.05) is 13.7 Å². The van der Waals surface area contributed by atoms with E-state index >= 15 is 0 Å². The van der Waals surface area contributed by atoms with E-state index in [0.717, 1.165) is 77.5 Å². The van der Waals surface area contributed by atoms with Gasteiger partial charge in [-0.05, 0) is 78.4 Å². The Morgan fingerprint density at radius 3 is 2.45 bits per heavy atom. The number of piperidine rings is 1. The van der Waals surface area contributed by atoms with Gasteiger partial charge in [-0.15, -0.1) is 0 Å². The van der Waals surface area contributed by atoms with E-state index in [0.29, 0.717) is 48.1 Å². The average Bonchev–Trinajstić information content (AvgIpc) is 3.41. The molecule has 0 spiro atoms. The number of aryl methyl sites for hydroxylation is 3. The molecule has 2 aromatic carbocycles. The lowest BCUT2D eigenvalue weighted by Crippen LogP contribution is -2.54. The third kappa shape index (κ3) is 8.37. The first-order valence-corrected chi connectivity index (χ1v) is 18.4. The van der Waals surface area contributed by atoms with Crippen molar-refractivity contribution in [3.05, 3.63) is 93.7 Å². The summed E-state index contributed by atoms with van der Waals surface area (Å²) in [4.78, 5) is 80.8. The fourth-order valence-corrected chi connectivity index (χ4v) is 7.31. The number of hydrogen-bond donors (Lipinski definition) is 2. The number of methoxy groups -OCH3 is 1. The van der Waals surface area contributed by atoms with Crippen LogP contribution in [0.3, 0.4) is 0 Å². The van der Waals surface area contributed by atoms with Crippen LogP contribution in [0.25, 0.3) is 21.9 Å². The zero-order chi connectivity index (χ0) is 37.5. The third-order valence-corrected chi connectivity index (χ3v) is 10.1. The molecule has 0 aliphatic carbocycles. The van der Waals surface area contributed by atoms with Gasteiger partial charge >= 0.3 is 0 Å². The van der Waals surface area contributed by atoms with Crippen LogP contribution >= 0.6 is 0 Å². The number of carbonyl (C=O) groups excluding carboxylic acids is 5.